The van der Waals surface area contributed by atoms with Crippen molar-refractivity contribution in [3.8, 4) is 0 Å². The molecule has 1 aliphatic rings. The molecule has 0 bridgehead atoms. The molecule has 0 aliphatic carbocycles. The molecule has 1 rings (SSSR count). The van der Waals surface area contributed by atoms with Crippen molar-refractivity contribution in [1.29, 1.82) is 0 Å². The Hall–Kier alpha value is 1.03. The monoisotopic (exact) mass is 304 g/mol. The molecule has 0 aromatic rings. The molecule has 1 N–H and O–H groups in total. The van der Waals surface area contributed by atoms with Gasteiger partial charge in [0, 0.05) is 0 Å². The third-order valence-electron chi connectivity index (χ3n) is 0.305. The van der Waals surface area contributed by atoms with E-state index in [-0.39, 0.29) is 0 Å². The van der Waals surface area contributed by atoms with Gasteiger partial charge in [0.05, 0.1) is 0 Å². The summed E-state index contributed by atoms with van der Waals surface area (Å²) in [7, 11) is -3.38. The van der Waals surface area contributed by atoms with Crippen molar-refractivity contribution >= 4 is 33.0 Å². The molecule has 34 valence electrons. The molecule has 6 heavy (non-hydrogen) atoms. The van der Waals surface area contributed by atoms with Crippen LogP contribution in [-0.2, 0) is 9.51 Å². The third-order valence-corrected chi connectivity index (χ3v) is 8.04. The van der Waals surface area contributed by atoms with Crippen LogP contribution in [0.1, 0.15) is 0 Å². The van der Waals surface area contributed by atoms with Crippen LogP contribution in [0.2, 0.25) is 0 Å². The molecule has 0 aromatic carbocycles. The molecule has 2 radical (unpaired) electrons. The molecule has 0 saturated carbocycles. The molecule has 1 saturated heterocycles. The van der Waals surface area contributed by atoms with Gasteiger partial charge in [-0.25, -0.2) is 0 Å². The Morgan fingerprint density at radius 2 is 2.00 bits per heavy atom. The summed E-state index contributed by atoms with van der Waals surface area (Å²) in [5.41, 5.74) is 0. The van der Waals surface area contributed by atoms with Gasteiger partial charge < -0.3 is 0 Å². The van der Waals surface area contributed by atoms with Crippen LogP contribution in [-0.4, -0.2) is 30.0 Å². The summed E-state index contributed by atoms with van der Waals surface area (Å²) >= 11 is -1.40. The van der Waals surface area contributed by atoms with Crippen molar-refractivity contribution in [2.24, 2.45) is 0 Å². The number of phosphoric acid groups is 1. The van der Waals surface area contributed by atoms with Gasteiger partial charge in [-0.2, -0.15) is 0 Å². The van der Waals surface area contributed by atoms with Gasteiger partial charge in [0.25, 0.3) is 0 Å². The third kappa shape index (κ3) is 1.00. The topological polar surface area (TPSA) is 55.8 Å². The van der Waals surface area contributed by atoms with Gasteiger partial charge in [-0.15, -0.1) is 0 Å². The van der Waals surface area contributed by atoms with Gasteiger partial charge in [0.15, 0.2) is 0 Å². The zero-order chi connectivity index (χ0) is 4.62. The second kappa shape index (κ2) is 1.52. The molecule has 0 spiro atoms. The van der Waals surface area contributed by atoms with Gasteiger partial charge in [-0.05, 0) is 0 Å². The van der Waals surface area contributed by atoms with E-state index in [4.69, 9.17) is 4.89 Å². The van der Waals surface area contributed by atoms with Crippen LogP contribution < -0.4 is 0 Å². The van der Waals surface area contributed by atoms with Gasteiger partial charge in [0.2, 0.25) is 0 Å². The summed E-state index contributed by atoms with van der Waals surface area (Å²) in [6.07, 6.45) is 0. The second-order valence-electron chi connectivity index (χ2n) is 0.734. The Morgan fingerprint density at radius 1 is 1.67 bits per heavy atom. The maximum atomic E-state index is 9.83. The van der Waals surface area contributed by atoms with E-state index in [1.807, 2.05) is 0 Å². The fourth-order valence-electron chi connectivity index (χ4n) is 0.101. The standard InChI is InChI=1S/H3O4P.Pb/c1-5(2,3)4;/h(H3,1,2,3,4);/q;+2/p-2. The van der Waals surface area contributed by atoms with E-state index in [0.29, 0.717) is 0 Å². The van der Waals surface area contributed by atoms with Gasteiger partial charge >= 0.3 is 47.4 Å². The average molecular weight is 303 g/mol. The van der Waals surface area contributed by atoms with Crippen molar-refractivity contribution in [2.75, 3.05) is 0 Å². The number of hydrogen-bond donors (Lipinski definition) is 1. The van der Waals surface area contributed by atoms with E-state index in [2.05, 4.69) is 4.95 Å². The first-order valence-electron chi connectivity index (χ1n) is 1.16. The summed E-state index contributed by atoms with van der Waals surface area (Å²) in [6, 6.07) is 0. The normalized spacial score (nSPS) is 28.8. The molecule has 0 amide bonds. The molecular formula is HO4PPb. The van der Waals surface area contributed by atoms with Crippen molar-refractivity contribution in [3.05, 3.63) is 0 Å². The average Bonchev–Trinajstić information content (AvgIpc) is 1.32. The first-order chi connectivity index (χ1) is 2.71. The van der Waals surface area contributed by atoms with Gasteiger partial charge in [-0.3, -0.25) is 0 Å². The summed E-state index contributed by atoms with van der Waals surface area (Å²) in [4.78, 5) is 8.07. The van der Waals surface area contributed by atoms with E-state index in [1.165, 1.54) is 0 Å². The van der Waals surface area contributed by atoms with Crippen molar-refractivity contribution in [1.82, 2.24) is 0 Å². The number of hydrogen-bond acceptors (Lipinski definition) is 3. The van der Waals surface area contributed by atoms with E-state index in [9.17, 15) is 4.57 Å². The first kappa shape index (κ1) is 5.17. The Morgan fingerprint density at radius 3 is 2.00 bits per heavy atom. The van der Waals surface area contributed by atoms with Crippen LogP contribution in [0.3, 0.4) is 0 Å². The summed E-state index contributed by atoms with van der Waals surface area (Å²) in [5, 5.41) is 0. The molecule has 6 heteroatoms. The van der Waals surface area contributed by atoms with Gasteiger partial charge in [0.1, 0.15) is 0 Å². The van der Waals surface area contributed by atoms with E-state index in [0.717, 1.165) is 0 Å². The predicted molar refractivity (Wildman–Crippen MR) is 17.7 cm³/mol. The Bertz CT molecular complexity index is 89.7. The molecule has 1 fully saturated rings. The van der Waals surface area contributed by atoms with E-state index in [1.54, 1.807) is 0 Å². The summed E-state index contributed by atoms with van der Waals surface area (Å²) in [5.74, 6) is 0. The van der Waals surface area contributed by atoms with Crippen LogP contribution in [0.25, 0.3) is 0 Å². The fourth-order valence-corrected chi connectivity index (χ4v) is 2.66. The first-order valence-corrected chi connectivity index (χ1v) is 5.83. The zero-order valence-electron chi connectivity index (χ0n) is 2.62. The summed E-state index contributed by atoms with van der Waals surface area (Å²) in [6.45, 7) is 0. The van der Waals surface area contributed by atoms with Crippen LogP contribution >= 0.6 is 7.82 Å². The predicted octanol–water partition coefficient (Wildman–Crippen LogP) is -0.332. The Labute approximate surface area is 47.6 Å². The molecule has 0 unspecified atom stereocenters. The SMILES string of the molecule is O=P1(O)[O][Pb][O]1. The molecule has 1 aliphatic heterocycles. The van der Waals surface area contributed by atoms with Gasteiger partial charge in [-0.1, -0.05) is 0 Å². The number of rotatable bonds is 0. The maximum absolute atomic E-state index is 9.83. The minimum absolute atomic E-state index is 1.40. The summed E-state index contributed by atoms with van der Waals surface area (Å²) < 4.78 is 18.2. The van der Waals surface area contributed by atoms with Crippen molar-refractivity contribution in [2.45, 2.75) is 0 Å². The molecule has 0 aromatic heterocycles. The zero-order valence-corrected chi connectivity index (χ0v) is 7.40. The Kier molecular flexibility index (Phi) is 1.31. The Balaban J connectivity index is 2.53. The van der Waals surface area contributed by atoms with E-state index >= 15 is 0 Å². The van der Waals surface area contributed by atoms with E-state index < -0.39 is 33.0 Å². The van der Waals surface area contributed by atoms with Crippen molar-refractivity contribution < 1.29 is 14.4 Å². The van der Waals surface area contributed by atoms with Crippen molar-refractivity contribution in [3.63, 3.8) is 0 Å². The second-order valence-corrected chi connectivity index (χ2v) is 6.94. The molecule has 1 heterocycles. The van der Waals surface area contributed by atoms with Crippen LogP contribution in [0.15, 0.2) is 0 Å². The van der Waals surface area contributed by atoms with Crippen LogP contribution in [0.4, 0.5) is 0 Å². The van der Waals surface area contributed by atoms with Crippen LogP contribution in [0, 0.1) is 0 Å². The van der Waals surface area contributed by atoms with Crippen LogP contribution in [0.5, 0.6) is 0 Å². The quantitative estimate of drug-likeness (QED) is 0.492. The molecule has 0 atom stereocenters. The fraction of sp³-hybridized carbons (Fsp3) is 0. The minimum atomic E-state index is -3.38. The molecular weight excluding hydrogens is 302 g/mol. The molecule has 4 nitrogen and oxygen atoms in total.